The fourth-order valence-electron chi connectivity index (χ4n) is 1.15. The van der Waals surface area contributed by atoms with E-state index in [0.717, 1.165) is 0 Å². The Balaban J connectivity index is 2.43. The van der Waals surface area contributed by atoms with Crippen LogP contribution in [0.25, 0.3) is 0 Å². The molecule has 4 heteroatoms. The number of para-hydroxylation sites is 1. The summed E-state index contributed by atoms with van der Waals surface area (Å²) in [6.07, 6.45) is 0. The molecule has 0 spiro atoms. The second-order valence-corrected chi connectivity index (χ2v) is 6.91. The van der Waals surface area contributed by atoms with Crippen LogP contribution in [-0.2, 0) is 9.22 Å². The molecule has 1 rings (SSSR count). The number of rotatable bonds is 4. The smallest absolute Gasteiger partial charge is 0.313 e. The van der Waals surface area contributed by atoms with Crippen molar-refractivity contribution in [3.63, 3.8) is 0 Å². The molecule has 0 bridgehead atoms. The summed E-state index contributed by atoms with van der Waals surface area (Å²) in [7, 11) is -0.906. The van der Waals surface area contributed by atoms with Crippen LogP contribution in [0.4, 0.5) is 0 Å². The Morgan fingerprint density at radius 2 is 1.82 bits per heavy atom. The molecule has 0 radical (unpaired) electrons. The van der Waals surface area contributed by atoms with E-state index in [1.165, 1.54) is 0 Å². The van der Waals surface area contributed by atoms with E-state index < -0.39 is 9.76 Å². The summed E-state index contributed by atoms with van der Waals surface area (Å²) in [5.41, 5.74) is -0.303. The molecule has 1 atom stereocenters. The summed E-state index contributed by atoms with van der Waals surface area (Å²) in [5, 5.41) is 0. The monoisotopic (exact) mass is 252 g/mol. The molecule has 0 saturated heterocycles. The fourth-order valence-corrected chi connectivity index (χ4v) is 2.12. The second kappa shape index (κ2) is 5.98. The van der Waals surface area contributed by atoms with Crippen molar-refractivity contribution in [1.82, 2.24) is 0 Å². The molecule has 17 heavy (non-hydrogen) atoms. The summed E-state index contributed by atoms with van der Waals surface area (Å²) in [6, 6.07) is 9.12. The van der Waals surface area contributed by atoms with Gasteiger partial charge in [-0.15, -0.1) is 0 Å². The van der Waals surface area contributed by atoms with E-state index in [4.69, 9.17) is 9.16 Å². The molecule has 0 amide bonds. The third-order valence-electron chi connectivity index (χ3n) is 2.13. The predicted octanol–water partition coefficient (Wildman–Crippen LogP) is 2.30. The number of carbonyl (C=O) groups excluding carboxylic acids is 1. The average Bonchev–Trinajstić information content (AvgIpc) is 2.26. The Bertz CT molecular complexity index is 357. The first-order valence-corrected chi connectivity index (χ1v) is 7.18. The molecule has 3 nitrogen and oxygen atoms in total. The topological polar surface area (TPSA) is 35.5 Å². The van der Waals surface area contributed by atoms with E-state index in [1.807, 2.05) is 45.9 Å². The highest BCUT2D eigenvalue weighted by Gasteiger charge is 2.20. The molecule has 94 valence electrons. The minimum absolute atomic E-state index is 0.130. The van der Waals surface area contributed by atoms with Gasteiger partial charge in [0.05, 0.1) is 5.54 Å². The maximum absolute atomic E-state index is 11.8. The van der Waals surface area contributed by atoms with Gasteiger partial charge in [-0.1, -0.05) is 25.1 Å². The molecule has 0 aliphatic rings. The lowest BCUT2D eigenvalue weighted by Crippen LogP contribution is -2.27. The van der Waals surface area contributed by atoms with Crippen LogP contribution in [0.5, 0.6) is 5.75 Å². The third kappa shape index (κ3) is 5.65. The zero-order valence-electron chi connectivity index (χ0n) is 10.9. The lowest BCUT2D eigenvalue weighted by Gasteiger charge is -2.21. The van der Waals surface area contributed by atoms with Crippen LogP contribution < -0.4 is 4.74 Å². The van der Waals surface area contributed by atoms with Gasteiger partial charge >= 0.3 is 5.97 Å². The highest BCUT2D eigenvalue weighted by atomic mass is 28.2. The lowest BCUT2D eigenvalue weighted by molar-refractivity contribution is -0.134. The number of carbonyl (C=O) groups is 1. The normalized spacial score (nSPS) is 13.9. The van der Waals surface area contributed by atoms with E-state index in [2.05, 4.69) is 0 Å². The molecule has 1 aromatic rings. The van der Waals surface area contributed by atoms with Crippen molar-refractivity contribution < 1.29 is 14.0 Å². The van der Waals surface area contributed by atoms with Gasteiger partial charge in [0.25, 0.3) is 0 Å². The summed E-state index contributed by atoms with van der Waals surface area (Å²) >= 11 is 0. The summed E-state index contributed by atoms with van der Waals surface area (Å²) in [5.74, 6) is 0.390. The van der Waals surface area contributed by atoms with Gasteiger partial charge in [-0.25, -0.2) is 0 Å². The first kappa shape index (κ1) is 13.9. The molecule has 0 aliphatic heterocycles. The van der Waals surface area contributed by atoms with Crippen molar-refractivity contribution in [3.8, 4) is 5.75 Å². The molecule has 1 aromatic carbocycles. The van der Waals surface area contributed by atoms with Gasteiger partial charge in [0.15, 0.2) is 9.76 Å². The van der Waals surface area contributed by atoms with E-state index in [9.17, 15) is 4.79 Å². The maximum atomic E-state index is 11.8. The van der Waals surface area contributed by atoms with Crippen molar-refractivity contribution in [3.05, 3.63) is 30.3 Å². The largest absolute Gasteiger partial charge is 0.426 e. The first-order chi connectivity index (χ1) is 7.88. The molecular weight excluding hydrogens is 232 g/mol. The Morgan fingerprint density at radius 3 is 2.35 bits per heavy atom. The highest BCUT2D eigenvalue weighted by molar-refractivity contribution is 6.36. The van der Waals surface area contributed by atoms with Gasteiger partial charge in [-0.3, -0.25) is 4.79 Å². The van der Waals surface area contributed by atoms with E-state index in [0.29, 0.717) is 5.75 Å². The predicted molar refractivity (Wildman–Crippen MR) is 70.9 cm³/mol. The van der Waals surface area contributed by atoms with Crippen molar-refractivity contribution in [2.45, 2.75) is 38.8 Å². The standard InChI is InChI=1S/C13H20O3Si/c1-10(17-16-13(2,3)4)12(14)15-11-8-6-5-7-9-11/h5-10H,17H2,1-4H3. The Labute approximate surface area is 105 Å². The van der Waals surface area contributed by atoms with Crippen LogP contribution in [0.1, 0.15) is 27.7 Å². The fraction of sp³-hybridized carbons (Fsp3) is 0.462. The molecule has 0 heterocycles. The number of ether oxygens (including phenoxy) is 1. The maximum Gasteiger partial charge on any atom is 0.313 e. The van der Waals surface area contributed by atoms with Gasteiger partial charge in [-0.05, 0) is 32.9 Å². The van der Waals surface area contributed by atoms with Gasteiger partial charge in [-0.2, -0.15) is 0 Å². The van der Waals surface area contributed by atoms with Gasteiger partial charge in [0.2, 0.25) is 0 Å². The number of hydrogen-bond acceptors (Lipinski definition) is 3. The Morgan fingerprint density at radius 1 is 1.24 bits per heavy atom. The van der Waals surface area contributed by atoms with Crippen LogP contribution in [-0.4, -0.2) is 21.3 Å². The molecule has 0 saturated carbocycles. The SMILES string of the molecule is CC([SiH2]OC(C)(C)C)C(=O)Oc1ccccc1. The number of benzene rings is 1. The number of hydrogen-bond donors (Lipinski definition) is 0. The van der Waals surface area contributed by atoms with Crippen LogP contribution in [0.15, 0.2) is 30.3 Å². The van der Waals surface area contributed by atoms with Crippen LogP contribution >= 0.6 is 0 Å². The van der Waals surface area contributed by atoms with Gasteiger partial charge in [0.1, 0.15) is 5.75 Å². The molecule has 0 fully saturated rings. The molecule has 1 unspecified atom stereocenters. The van der Waals surface area contributed by atoms with Crippen LogP contribution in [0, 0.1) is 0 Å². The van der Waals surface area contributed by atoms with Crippen molar-refractivity contribution in [2.75, 3.05) is 0 Å². The quantitative estimate of drug-likeness (QED) is 0.468. The molecule has 0 aromatic heterocycles. The number of esters is 1. The molecular formula is C13H20O3Si. The lowest BCUT2D eigenvalue weighted by atomic mass is 10.2. The van der Waals surface area contributed by atoms with E-state index in [-0.39, 0.29) is 17.1 Å². The minimum atomic E-state index is -0.906. The second-order valence-electron chi connectivity index (χ2n) is 5.06. The zero-order valence-corrected chi connectivity index (χ0v) is 12.3. The highest BCUT2D eigenvalue weighted by Crippen LogP contribution is 2.15. The Kier molecular flexibility index (Phi) is 4.90. The summed E-state index contributed by atoms with van der Waals surface area (Å²) in [4.78, 5) is 11.8. The van der Waals surface area contributed by atoms with Crippen LogP contribution in [0.2, 0.25) is 5.54 Å². The third-order valence-corrected chi connectivity index (χ3v) is 4.00. The first-order valence-electron chi connectivity index (χ1n) is 5.79. The van der Waals surface area contributed by atoms with Crippen LogP contribution in [0.3, 0.4) is 0 Å². The van der Waals surface area contributed by atoms with E-state index in [1.54, 1.807) is 12.1 Å². The molecule has 0 aliphatic carbocycles. The van der Waals surface area contributed by atoms with E-state index >= 15 is 0 Å². The van der Waals surface area contributed by atoms with Gasteiger partial charge in [0, 0.05) is 5.60 Å². The molecule has 0 N–H and O–H groups in total. The van der Waals surface area contributed by atoms with Gasteiger partial charge < -0.3 is 9.16 Å². The zero-order chi connectivity index (χ0) is 12.9. The average molecular weight is 252 g/mol. The Hall–Kier alpha value is -1.13. The minimum Gasteiger partial charge on any atom is -0.426 e. The summed E-state index contributed by atoms with van der Waals surface area (Å²) in [6.45, 7) is 7.85. The van der Waals surface area contributed by atoms with Crippen molar-refractivity contribution in [1.29, 1.82) is 0 Å². The van der Waals surface area contributed by atoms with Crippen molar-refractivity contribution >= 4 is 15.7 Å². The van der Waals surface area contributed by atoms with Crippen molar-refractivity contribution in [2.24, 2.45) is 0 Å². The summed E-state index contributed by atoms with van der Waals surface area (Å²) < 4.78 is 10.9.